The third-order valence-electron chi connectivity index (χ3n) is 4.17. The van der Waals surface area contributed by atoms with Crippen molar-refractivity contribution in [1.29, 1.82) is 0 Å². The van der Waals surface area contributed by atoms with Gasteiger partial charge in [-0.05, 0) is 6.92 Å². The van der Waals surface area contributed by atoms with Gasteiger partial charge in [0.1, 0.15) is 12.1 Å². The molecule has 2 unspecified atom stereocenters. The number of amides is 1. The number of hydrogen-bond donors (Lipinski definition) is 2. The van der Waals surface area contributed by atoms with Gasteiger partial charge in [-0.1, -0.05) is 19.9 Å². The molecule has 0 aliphatic heterocycles. The van der Waals surface area contributed by atoms with Gasteiger partial charge in [0.05, 0.1) is 6.10 Å². The molecule has 114 valence electrons. The molecule has 2 atom stereocenters. The number of rotatable bonds is 7. The molecule has 3 N–H and O–H groups in total. The van der Waals surface area contributed by atoms with Crippen molar-refractivity contribution in [3.63, 3.8) is 0 Å². The molecule has 0 spiro atoms. The van der Waals surface area contributed by atoms with Gasteiger partial charge in [0.25, 0.3) is 0 Å². The Kier molecular flexibility index (Phi) is 4.94. The number of nitrogens with two attached hydrogens (primary N) is 1. The lowest BCUT2D eigenvalue weighted by molar-refractivity contribution is -0.180. The average Bonchev–Trinajstić information content (AvgIpc) is 2.36. The van der Waals surface area contributed by atoms with E-state index in [0.717, 1.165) is 0 Å². The zero-order valence-corrected chi connectivity index (χ0v) is 12.4. The Balaban J connectivity index is 2.89. The van der Waals surface area contributed by atoms with Crippen LogP contribution in [-0.4, -0.2) is 53.2 Å². The van der Waals surface area contributed by atoms with Crippen LogP contribution in [0.1, 0.15) is 27.2 Å². The SMILES string of the molecule is C=CCN(CC(=O)O)C(=O)C1(N)CC(OCC)C1(C)C. The van der Waals surface area contributed by atoms with E-state index in [1.807, 2.05) is 20.8 Å². The van der Waals surface area contributed by atoms with E-state index in [-0.39, 0.29) is 25.1 Å². The van der Waals surface area contributed by atoms with Crippen LogP contribution < -0.4 is 5.73 Å². The van der Waals surface area contributed by atoms with Gasteiger partial charge in [-0.2, -0.15) is 0 Å². The highest BCUT2D eigenvalue weighted by molar-refractivity contribution is 5.91. The summed E-state index contributed by atoms with van der Waals surface area (Å²) in [6, 6.07) is 0. The first-order chi connectivity index (χ1) is 9.20. The van der Waals surface area contributed by atoms with Crippen molar-refractivity contribution in [3.05, 3.63) is 12.7 Å². The number of nitrogens with zero attached hydrogens (tertiary/aromatic N) is 1. The molecular formula is C14H24N2O4. The minimum Gasteiger partial charge on any atom is -0.480 e. The second-order valence-electron chi connectivity index (χ2n) is 5.71. The predicted molar refractivity (Wildman–Crippen MR) is 75.1 cm³/mol. The summed E-state index contributed by atoms with van der Waals surface area (Å²) in [5, 5.41) is 8.89. The molecular weight excluding hydrogens is 260 g/mol. The summed E-state index contributed by atoms with van der Waals surface area (Å²) >= 11 is 0. The highest BCUT2D eigenvalue weighted by atomic mass is 16.5. The van der Waals surface area contributed by atoms with Crippen molar-refractivity contribution in [2.24, 2.45) is 11.1 Å². The number of ether oxygens (including phenoxy) is 1. The third-order valence-corrected chi connectivity index (χ3v) is 4.17. The molecule has 0 radical (unpaired) electrons. The molecule has 0 aromatic heterocycles. The summed E-state index contributed by atoms with van der Waals surface area (Å²) in [5.41, 5.74) is 4.63. The first-order valence-corrected chi connectivity index (χ1v) is 6.73. The number of carbonyl (C=O) groups excluding carboxylic acids is 1. The molecule has 1 aliphatic carbocycles. The Hall–Kier alpha value is -1.40. The van der Waals surface area contributed by atoms with Crippen LogP contribution in [0, 0.1) is 5.41 Å². The lowest BCUT2D eigenvalue weighted by atomic mass is 9.54. The monoisotopic (exact) mass is 284 g/mol. The topological polar surface area (TPSA) is 92.9 Å². The molecule has 1 amide bonds. The van der Waals surface area contributed by atoms with Gasteiger partial charge in [0.2, 0.25) is 5.91 Å². The third kappa shape index (κ3) is 2.71. The lowest BCUT2D eigenvalue weighted by Gasteiger charge is -2.58. The van der Waals surface area contributed by atoms with E-state index < -0.39 is 16.9 Å². The fourth-order valence-electron chi connectivity index (χ4n) is 2.62. The van der Waals surface area contributed by atoms with Gasteiger partial charge in [-0.15, -0.1) is 6.58 Å². The molecule has 1 aliphatic rings. The summed E-state index contributed by atoms with van der Waals surface area (Å²) in [4.78, 5) is 24.7. The Labute approximate surface area is 119 Å². The van der Waals surface area contributed by atoms with Crippen LogP contribution >= 0.6 is 0 Å². The number of carboxylic acid groups (broad SMARTS) is 1. The Morgan fingerprint density at radius 1 is 1.55 bits per heavy atom. The van der Waals surface area contributed by atoms with Crippen LogP contribution in [0.4, 0.5) is 0 Å². The summed E-state index contributed by atoms with van der Waals surface area (Å²) in [6.07, 6.45) is 1.81. The fraction of sp³-hybridized carbons (Fsp3) is 0.714. The summed E-state index contributed by atoms with van der Waals surface area (Å²) in [6.45, 7) is 9.54. The second kappa shape index (κ2) is 5.93. The van der Waals surface area contributed by atoms with Crippen LogP contribution in [0.25, 0.3) is 0 Å². The van der Waals surface area contributed by atoms with Crippen molar-refractivity contribution in [3.8, 4) is 0 Å². The van der Waals surface area contributed by atoms with E-state index in [0.29, 0.717) is 13.0 Å². The molecule has 1 fully saturated rings. The lowest BCUT2D eigenvalue weighted by Crippen LogP contribution is -2.76. The quantitative estimate of drug-likeness (QED) is 0.668. The van der Waals surface area contributed by atoms with E-state index in [9.17, 15) is 9.59 Å². The predicted octanol–water partition coefficient (Wildman–Crippen LogP) is 0.618. The number of carbonyl (C=O) groups is 2. The van der Waals surface area contributed by atoms with Gasteiger partial charge < -0.3 is 20.5 Å². The van der Waals surface area contributed by atoms with Crippen molar-refractivity contribution < 1.29 is 19.4 Å². The number of aliphatic carboxylic acids is 1. The maximum absolute atomic E-state index is 12.6. The summed E-state index contributed by atoms with van der Waals surface area (Å²) in [5.74, 6) is -1.43. The summed E-state index contributed by atoms with van der Waals surface area (Å²) < 4.78 is 5.57. The molecule has 0 bridgehead atoms. The zero-order valence-electron chi connectivity index (χ0n) is 12.4. The molecule has 0 aromatic rings. The van der Waals surface area contributed by atoms with Crippen LogP contribution in [-0.2, 0) is 14.3 Å². The van der Waals surface area contributed by atoms with Crippen molar-refractivity contribution in [2.75, 3.05) is 19.7 Å². The molecule has 1 rings (SSSR count). The number of hydrogen-bond acceptors (Lipinski definition) is 4. The van der Waals surface area contributed by atoms with Gasteiger partial charge in [0, 0.05) is 25.0 Å². The van der Waals surface area contributed by atoms with E-state index in [1.165, 1.54) is 11.0 Å². The highest BCUT2D eigenvalue weighted by Gasteiger charge is 2.63. The van der Waals surface area contributed by atoms with E-state index in [1.54, 1.807) is 0 Å². The Morgan fingerprint density at radius 3 is 2.55 bits per heavy atom. The maximum atomic E-state index is 12.6. The largest absolute Gasteiger partial charge is 0.480 e. The van der Waals surface area contributed by atoms with Crippen LogP contribution in [0.5, 0.6) is 0 Å². The van der Waals surface area contributed by atoms with Gasteiger partial charge in [-0.25, -0.2) is 0 Å². The molecule has 0 saturated heterocycles. The van der Waals surface area contributed by atoms with Gasteiger partial charge in [0.15, 0.2) is 0 Å². The second-order valence-corrected chi connectivity index (χ2v) is 5.71. The smallest absolute Gasteiger partial charge is 0.323 e. The van der Waals surface area contributed by atoms with E-state index >= 15 is 0 Å². The normalized spacial score (nSPS) is 27.5. The first-order valence-electron chi connectivity index (χ1n) is 6.73. The summed E-state index contributed by atoms with van der Waals surface area (Å²) in [7, 11) is 0. The van der Waals surface area contributed by atoms with Gasteiger partial charge in [-0.3, -0.25) is 9.59 Å². The van der Waals surface area contributed by atoms with Crippen LogP contribution in [0.15, 0.2) is 12.7 Å². The van der Waals surface area contributed by atoms with Crippen molar-refractivity contribution in [1.82, 2.24) is 4.90 Å². The molecule has 6 nitrogen and oxygen atoms in total. The number of carboxylic acids is 1. The maximum Gasteiger partial charge on any atom is 0.323 e. The average molecular weight is 284 g/mol. The minimum absolute atomic E-state index is 0.0862. The Bertz CT molecular complexity index is 408. The molecule has 6 heteroatoms. The first kappa shape index (κ1) is 16.7. The standard InChI is InChI=1S/C14H24N2O4/c1-5-7-16(9-11(17)18)12(19)14(15)8-10(20-6-2)13(14,3)4/h5,10H,1,6-9,15H2,2-4H3,(H,17,18). The van der Waals surface area contributed by atoms with Crippen molar-refractivity contribution in [2.45, 2.75) is 38.8 Å². The van der Waals surface area contributed by atoms with E-state index in [4.69, 9.17) is 15.6 Å². The van der Waals surface area contributed by atoms with Crippen LogP contribution in [0.3, 0.4) is 0 Å². The zero-order chi connectivity index (χ0) is 15.6. The Morgan fingerprint density at radius 2 is 2.15 bits per heavy atom. The minimum atomic E-state index is -1.09. The molecule has 1 saturated carbocycles. The van der Waals surface area contributed by atoms with E-state index in [2.05, 4.69) is 6.58 Å². The van der Waals surface area contributed by atoms with Crippen LogP contribution in [0.2, 0.25) is 0 Å². The molecule has 0 aromatic carbocycles. The molecule has 0 heterocycles. The highest BCUT2D eigenvalue weighted by Crippen LogP contribution is 2.50. The fourth-order valence-corrected chi connectivity index (χ4v) is 2.62. The van der Waals surface area contributed by atoms with Crippen molar-refractivity contribution >= 4 is 11.9 Å². The van der Waals surface area contributed by atoms with Gasteiger partial charge >= 0.3 is 5.97 Å². The molecule has 20 heavy (non-hydrogen) atoms.